The van der Waals surface area contributed by atoms with Crippen molar-refractivity contribution in [1.82, 2.24) is 4.98 Å². The first-order valence-electron chi connectivity index (χ1n) is 9.32. The van der Waals surface area contributed by atoms with E-state index in [1.165, 1.54) is 10.6 Å². The Bertz CT molecular complexity index is 1030. The summed E-state index contributed by atoms with van der Waals surface area (Å²) in [6.07, 6.45) is 0.875. The minimum atomic E-state index is -0.623. The molecule has 0 amide bonds. The fraction of sp³-hybridized carbons (Fsp3) is 0.0800. The Kier molecular flexibility index (Phi) is 5.80. The van der Waals surface area contributed by atoms with E-state index in [9.17, 15) is 0 Å². The van der Waals surface area contributed by atoms with Crippen LogP contribution in [0.2, 0.25) is 0 Å². The van der Waals surface area contributed by atoms with Crippen molar-refractivity contribution in [3.63, 3.8) is 0 Å². The Labute approximate surface area is 167 Å². The number of nitrogens with zero attached hydrogens (tertiary/aromatic N) is 1. The minimum absolute atomic E-state index is 0.623. The molecule has 0 aliphatic carbocycles. The van der Waals surface area contributed by atoms with Gasteiger partial charge in [-0.2, -0.15) is 0 Å². The van der Waals surface area contributed by atoms with Gasteiger partial charge in [0.2, 0.25) is 0 Å². The smallest absolute Gasteiger partial charge is 0.126 e. The van der Waals surface area contributed by atoms with Crippen molar-refractivity contribution in [2.45, 2.75) is 6.16 Å². The Morgan fingerprint density at radius 2 is 1.39 bits per heavy atom. The first-order valence-corrected chi connectivity index (χ1v) is 10.8. The fourth-order valence-corrected chi connectivity index (χ4v) is 5.64. The van der Waals surface area contributed by atoms with Gasteiger partial charge in [-0.25, -0.2) is 0 Å². The molecule has 0 N–H and O–H groups in total. The lowest BCUT2D eigenvalue weighted by molar-refractivity contribution is 0.418. The van der Waals surface area contributed by atoms with Crippen molar-refractivity contribution in [3.05, 3.63) is 109 Å². The molecule has 0 saturated heterocycles. The van der Waals surface area contributed by atoms with E-state index in [-0.39, 0.29) is 0 Å². The van der Waals surface area contributed by atoms with Crippen molar-refractivity contribution in [2.24, 2.45) is 0 Å². The molecule has 0 radical (unpaired) electrons. The normalized spacial score (nSPS) is 11.8. The second-order valence-corrected chi connectivity index (χ2v) is 8.64. The average molecular weight is 383 g/mol. The number of rotatable bonds is 6. The maximum Gasteiger partial charge on any atom is 0.126 e. The van der Waals surface area contributed by atoms with Crippen molar-refractivity contribution in [1.29, 1.82) is 0 Å². The molecule has 28 heavy (non-hydrogen) atoms. The molecule has 0 aliphatic rings. The summed E-state index contributed by atoms with van der Waals surface area (Å²) >= 11 is 0. The van der Waals surface area contributed by atoms with Gasteiger partial charge in [0, 0.05) is 22.7 Å². The summed E-state index contributed by atoms with van der Waals surface area (Å²) < 4.78 is 5.67. The topological polar surface area (TPSA) is 22.1 Å². The maximum atomic E-state index is 5.67. The standard InChI is InChI=1S/C25H22NOP/c1-27-24-17-8-9-18-25(24)28(22-14-6-3-7-15-22)19-21-13-10-16-23(26-21)20-11-4-2-5-12-20/h2-18H,19H2,1H3. The number of pyridine rings is 1. The highest BCUT2D eigenvalue weighted by molar-refractivity contribution is 7.72. The van der Waals surface area contributed by atoms with Gasteiger partial charge in [-0.05, 0) is 31.4 Å². The molecule has 1 unspecified atom stereocenters. The van der Waals surface area contributed by atoms with Gasteiger partial charge >= 0.3 is 0 Å². The van der Waals surface area contributed by atoms with Crippen LogP contribution in [0.4, 0.5) is 0 Å². The molecule has 1 heterocycles. The zero-order valence-corrected chi connectivity index (χ0v) is 16.7. The van der Waals surface area contributed by atoms with Gasteiger partial charge in [-0.1, -0.05) is 84.9 Å². The number of benzene rings is 3. The summed E-state index contributed by atoms with van der Waals surface area (Å²) in [6, 6.07) is 35.7. The van der Waals surface area contributed by atoms with E-state index in [0.717, 1.165) is 28.9 Å². The zero-order chi connectivity index (χ0) is 19.2. The van der Waals surface area contributed by atoms with E-state index in [0.29, 0.717) is 0 Å². The van der Waals surface area contributed by atoms with Crippen molar-refractivity contribution < 1.29 is 4.74 Å². The Balaban J connectivity index is 1.73. The van der Waals surface area contributed by atoms with Gasteiger partial charge in [0.1, 0.15) is 5.75 Å². The lowest BCUT2D eigenvalue weighted by atomic mass is 10.1. The number of para-hydroxylation sites is 1. The van der Waals surface area contributed by atoms with Crippen molar-refractivity contribution in [3.8, 4) is 17.0 Å². The van der Waals surface area contributed by atoms with Crippen LogP contribution in [0.1, 0.15) is 5.69 Å². The summed E-state index contributed by atoms with van der Waals surface area (Å²) in [5.74, 6) is 0.941. The van der Waals surface area contributed by atoms with E-state index < -0.39 is 7.92 Å². The van der Waals surface area contributed by atoms with Crippen LogP contribution in [0.15, 0.2) is 103 Å². The monoisotopic (exact) mass is 383 g/mol. The van der Waals surface area contributed by atoms with E-state index in [1.54, 1.807) is 7.11 Å². The van der Waals surface area contributed by atoms with Gasteiger partial charge in [0.25, 0.3) is 0 Å². The molecule has 0 fully saturated rings. The summed E-state index contributed by atoms with van der Waals surface area (Å²) in [5, 5.41) is 2.58. The lowest BCUT2D eigenvalue weighted by Gasteiger charge is -2.21. The van der Waals surface area contributed by atoms with Gasteiger partial charge in [0.15, 0.2) is 0 Å². The Morgan fingerprint density at radius 1 is 0.714 bits per heavy atom. The van der Waals surface area contributed by atoms with Gasteiger partial charge in [0.05, 0.1) is 12.8 Å². The number of methoxy groups -OCH3 is 1. The van der Waals surface area contributed by atoms with Crippen LogP contribution < -0.4 is 15.3 Å². The van der Waals surface area contributed by atoms with Crippen molar-refractivity contribution >= 4 is 18.5 Å². The molecule has 0 aliphatic heterocycles. The predicted octanol–water partition coefficient (Wildman–Crippen LogP) is 5.39. The van der Waals surface area contributed by atoms with Gasteiger partial charge < -0.3 is 4.74 Å². The molecule has 4 rings (SSSR count). The summed E-state index contributed by atoms with van der Waals surface area (Å²) in [5.41, 5.74) is 3.26. The van der Waals surface area contributed by atoms with E-state index in [2.05, 4.69) is 84.9 Å². The van der Waals surface area contributed by atoms with E-state index in [4.69, 9.17) is 9.72 Å². The first kappa shape index (κ1) is 18.4. The zero-order valence-electron chi connectivity index (χ0n) is 15.8. The predicted molar refractivity (Wildman–Crippen MR) is 119 cm³/mol. The molecule has 2 nitrogen and oxygen atoms in total. The minimum Gasteiger partial charge on any atom is -0.496 e. The number of hydrogen-bond acceptors (Lipinski definition) is 2. The SMILES string of the molecule is COc1ccccc1P(Cc1cccc(-c2ccccc2)n1)c1ccccc1. The summed E-state index contributed by atoms with van der Waals surface area (Å²) in [6.45, 7) is 0. The number of aromatic nitrogens is 1. The molecule has 3 heteroatoms. The highest BCUT2D eigenvalue weighted by atomic mass is 31.1. The fourth-order valence-electron chi connectivity index (χ4n) is 3.28. The molecule has 4 aromatic rings. The highest BCUT2D eigenvalue weighted by Crippen LogP contribution is 2.40. The second-order valence-electron chi connectivity index (χ2n) is 6.47. The maximum absolute atomic E-state index is 5.67. The largest absolute Gasteiger partial charge is 0.496 e. The Hall–Kier alpha value is -2.96. The Morgan fingerprint density at radius 3 is 2.14 bits per heavy atom. The first-order chi connectivity index (χ1) is 13.8. The quantitative estimate of drug-likeness (QED) is 0.417. The number of ether oxygens (including phenoxy) is 1. The van der Waals surface area contributed by atoms with Crippen LogP contribution in [0.25, 0.3) is 11.3 Å². The highest BCUT2D eigenvalue weighted by Gasteiger charge is 2.19. The molecule has 138 valence electrons. The third-order valence-corrected chi connectivity index (χ3v) is 7.15. The van der Waals surface area contributed by atoms with Crippen LogP contribution >= 0.6 is 7.92 Å². The number of hydrogen-bond donors (Lipinski definition) is 0. The molecule has 0 saturated carbocycles. The van der Waals surface area contributed by atoms with Crippen LogP contribution in [0.5, 0.6) is 5.75 Å². The molecule has 1 aromatic heterocycles. The van der Waals surface area contributed by atoms with Crippen LogP contribution in [0, 0.1) is 0 Å². The van der Waals surface area contributed by atoms with Crippen LogP contribution in [-0.2, 0) is 6.16 Å². The molecule has 3 aromatic carbocycles. The third-order valence-electron chi connectivity index (χ3n) is 4.64. The second kappa shape index (κ2) is 8.82. The molecule has 0 spiro atoms. The van der Waals surface area contributed by atoms with Crippen molar-refractivity contribution in [2.75, 3.05) is 7.11 Å². The van der Waals surface area contributed by atoms with Crippen LogP contribution in [0.3, 0.4) is 0 Å². The summed E-state index contributed by atoms with van der Waals surface area (Å²) in [4.78, 5) is 4.96. The van der Waals surface area contributed by atoms with E-state index in [1.807, 2.05) is 18.2 Å². The third kappa shape index (κ3) is 4.13. The van der Waals surface area contributed by atoms with Gasteiger partial charge in [-0.15, -0.1) is 0 Å². The van der Waals surface area contributed by atoms with Crippen LogP contribution in [-0.4, -0.2) is 12.1 Å². The lowest BCUT2D eigenvalue weighted by Crippen LogP contribution is -2.15. The van der Waals surface area contributed by atoms with E-state index >= 15 is 0 Å². The average Bonchev–Trinajstić information content (AvgIpc) is 2.79. The molecular formula is C25H22NOP. The van der Waals surface area contributed by atoms with Gasteiger partial charge in [-0.3, -0.25) is 4.98 Å². The molecule has 0 bridgehead atoms. The molecule has 1 atom stereocenters. The summed E-state index contributed by atoms with van der Waals surface area (Å²) in [7, 11) is 1.12. The molecular weight excluding hydrogens is 361 g/mol.